The molecule has 0 aliphatic rings. The summed E-state index contributed by atoms with van der Waals surface area (Å²) in [4.78, 5) is 23.2. The quantitative estimate of drug-likeness (QED) is 0.449. The van der Waals surface area contributed by atoms with E-state index in [-0.39, 0.29) is 18.1 Å². The van der Waals surface area contributed by atoms with Gasteiger partial charge in [0.25, 0.3) is 11.8 Å². The van der Waals surface area contributed by atoms with Crippen molar-refractivity contribution >= 4 is 11.8 Å². The summed E-state index contributed by atoms with van der Waals surface area (Å²) < 4.78 is 32.4. The Bertz CT molecular complexity index is 607. The van der Waals surface area contributed by atoms with E-state index in [0.29, 0.717) is 0 Å². The van der Waals surface area contributed by atoms with Crippen LogP contribution in [0.4, 0.5) is 8.78 Å². The number of hydrogen-bond donors (Lipinski definition) is 4. The highest BCUT2D eigenvalue weighted by Gasteiger charge is 2.25. The van der Waals surface area contributed by atoms with Gasteiger partial charge in [-0.3, -0.25) is 14.8 Å². The van der Waals surface area contributed by atoms with E-state index in [1.807, 2.05) is 5.32 Å². The minimum absolute atomic E-state index is 0.119. The number of hydrogen-bond acceptors (Lipinski definition) is 5. The first-order chi connectivity index (χ1) is 10.3. The smallest absolute Gasteiger partial charge is 0.272 e. The van der Waals surface area contributed by atoms with Crippen LogP contribution < -0.4 is 21.3 Å². The van der Waals surface area contributed by atoms with Crippen LogP contribution in [-0.4, -0.2) is 29.7 Å². The average Bonchev–Trinajstić information content (AvgIpc) is 2.48. The Morgan fingerprint density at radius 2 is 2.05 bits per heavy atom. The molecular formula is C13H15F2N3O4. The van der Waals surface area contributed by atoms with E-state index in [2.05, 4.69) is 6.58 Å². The van der Waals surface area contributed by atoms with Gasteiger partial charge in [-0.15, -0.1) is 0 Å². The molecule has 22 heavy (non-hydrogen) atoms. The molecule has 1 aromatic rings. The van der Waals surface area contributed by atoms with Crippen molar-refractivity contribution in [2.75, 3.05) is 6.61 Å². The van der Waals surface area contributed by atoms with Gasteiger partial charge in [-0.05, 0) is 19.1 Å². The van der Waals surface area contributed by atoms with Gasteiger partial charge in [-0.2, -0.15) is 4.39 Å². The molecule has 0 aromatic heterocycles. The van der Waals surface area contributed by atoms with Crippen LogP contribution in [0.3, 0.4) is 0 Å². The van der Waals surface area contributed by atoms with Crippen LogP contribution in [-0.2, 0) is 4.79 Å². The number of nitrogens with one attached hydrogen (secondary N) is 2. The Hall–Kier alpha value is -2.68. The van der Waals surface area contributed by atoms with Gasteiger partial charge in [-0.1, -0.05) is 6.58 Å². The minimum Gasteiger partial charge on any atom is -0.491 e. The lowest BCUT2D eigenvalue weighted by atomic mass is 10.1. The van der Waals surface area contributed by atoms with E-state index < -0.39 is 35.1 Å². The van der Waals surface area contributed by atoms with Crippen LogP contribution in [0.15, 0.2) is 24.4 Å². The van der Waals surface area contributed by atoms with Gasteiger partial charge in [0.15, 0.2) is 11.6 Å². The van der Waals surface area contributed by atoms with E-state index in [1.54, 1.807) is 6.92 Å². The lowest BCUT2D eigenvalue weighted by Crippen LogP contribution is -2.48. The first-order valence-electron chi connectivity index (χ1n) is 6.13. The van der Waals surface area contributed by atoms with Crippen LogP contribution in [0.2, 0.25) is 0 Å². The number of carbonyl (C=O) groups is 2. The Morgan fingerprint density at radius 1 is 1.41 bits per heavy atom. The third-order valence-corrected chi connectivity index (χ3v) is 2.61. The van der Waals surface area contributed by atoms with Gasteiger partial charge >= 0.3 is 0 Å². The predicted octanol–water partition coefficient (Wildman–Crippen LogP) is 0.440. The highest BCUT2D eigenvalue weighted by atomic mass is 19.2. The van der Waals surface area contributed by atoms with Crippen molar-refractivity contribution in [1.82, 2.24) is 10.8 Å². The third kappa shape index (κ3) is 3.70. The van der Waals surface area contributed by atoms with Gasteiger partial charge in [0, 0.05) is 5.70 Å². The van der Waals surface area contributed by atoms with Crippen molar-refractivity contribution in [3.63, 3.8) is 0 Å². The number of amides is 2. The molecule has 1 aromatic carbocycles. The zero-order valence-electron chi connectivity index (χ0n) is 11.7. The number of benzene rings is 1. The number of hydroxylamine groups is 1. The monoisotopic (exact) mass is 315 g/mol. The number of nitrogens with two attached hydrogens (primary N) is 1. The number of halogens is 2. The van der Waals surface area contributed by atoms with Gasteiger partial charge in [0.2, 0.25) is 5.82 Å². The SMILES string of the molecule is C=C(N)[C@H](NC(=O)c1ccc(OCC)c(F)c1F)C(=O)NO. The summed E-state index contributed by atoms with van der Waals surface area (Å²) in [7, 11) is 0. The van der Waals surface area contributed by atoms with Crippen LogP contribution in [0, 0.1) is 11.6 Å². The molecular weight excluding hydrogens is 300 g/mol. The minimum atomic E-state index is -1.51. The lowest BCUT2D eigenvalue weighted by molar-refractivity contribution is -0.130. The Kier molecular flexibility index (Phi) is 5.81. The number of ether oxygens (including phenoxy) is 1. The van der Waals surface area contributed by atoms with E-state index in [0.717, 1.165) is 12.1 Å². The molecule has 120 valence electrons. The van der Waals surface area contributed by atoms with Crippen molar-refractivity contribution in [2.45, 2.75) is 13.0 Å². The van der Waals surface area contributed by atoms with Crippen molar-refractivity contribution in [3.05, 3.63) is 41.6 Å². The van der Waals surface area contributed by atoms with Crippen LogP contribution in [0.5, 0.6) is 5.75 Å². The number of rotatable bonds is 6. The second-order valence-electron chi connectivity index (χ2n) is 4.13. The van der Waals surface area contributed by atoms with Crippen molar-refractivity contribution in [1.29, 1.82) is 0 Å². The summed E-state index contributed by atoms with van der Waals surface area (Å²) in [6.45, 7) is 4.96. The van der Waals surface area contributed by atoms with E-state index in [9.17, 15) is 18.4 Å². The standard InChI is InChI=1S/C13H15F2N3O4/c1-3-22-8-5-4-7(9(14)10(8)15)12(19)17-11(6(2)16)13(20)18-21/h4-5,11,21H,2-3,16H2,1H3,(H,17,19)(H,18,20)/t11-/m0/s1. The summed E-state index contributed by atoms with van der Waals surface area (Å²) in [5.41, 5.74) is 5.62. The maximum Gasteiger partial charge on any atom is 0.272 e. The molecule has 0 saturated heterocycles. The fourth-order valence-corrected chi connectivity index (χ4v) is 1.57. The molecule has 0 spiro atoms. The molecule has 0 heterocycles. The van der Waals surface area contributed by atoms with Gasteiger partial charge in [-0.25, -0.2) is 9.87 Å². The summed E-state index contributed by atoms with van der Waals surface area (Å²) in [6.07, 6.45) is 0. The van der Waals surface area contributed by atoms with E-state index in [1.165, 1.54) is 5.48 Å². The molecule has 0 saturated carbocycles. The van der Waals surface area contributed by atoms with Crippen molar-refractivity contribution in [2.24, 2.45) is 5.73 Å². The molecule has 0 aliphatic heterocycles. The van der Waals surface area contributed by atoms with E-state index >= 15 is 0 Å². The van der Waals surface area contributed by atoms with Gasteiger partial charge in [0.05, 0.1) is 12.2 Å². The lowest BCUT2D eigenvalue weighted by Gasteiger charge is -2.17. The third-order valence-electron chi connectivity index (χ3n) is 2.61. The summed E-state index contributed by atoms with van der Waals surface area (Å²) in [5.74, 6) is -5.30. The Balaban J connectivity index is 3.05. The second kappa shape index (κ2) is 7.36. The molecule has 5 N–H and O–H groups in total. The molecule has 2 amide bonds. The zero-order valence-corrected chi connectivity index (χ0v) is 11.7. The molecule has 0 fully saturated rings. The molecule has 1 atom stereocenters. The Labute approximate surface area is 124 Å². The predicted molar refractivity (Wildman–Crippen MR) is 72.0 cm³/mol. The maximum absolute atomic E-state index is 13.9. The van der Waals surface area contributed by atoms with Crippen LogP contribution in [0.1, 0.15) is 17.3 Å². The summed E-state index contributed by atoms with van der Waals surface area (Å²) in [5, 5.41) is 10.6. The maximum atomic E-state index is 13.9. The van der Waals surface area contributed by atoms with Crippen molar-refractivity contribution < 1.29 is 28.3 Å². The Morgan fingerprint density at radius 3 is 2.55 bits per heavy atom. The number of carbonyl (C=O) groups excluding carboxylic acids is 2. The van der Waals surface area contributed by atoms with Gasteiger partial charge < -0.3 is 15.8 Å². The zero-order chi connectivity index (χ0) is 16.9. The summed E-state index contributed by atoms with van der Waals surface area (Å²) in [6, 6.07) is 0.563. The average molecular weight is 315 g/mol. The fraction of sp³-hybridized carbons (Fsp3) is 0.231. The van der Waals surface area contributed by atoms with Crippen LogP contribution in [0.25, 0.3) is 0 Å². The van der Waals surface area contributed by atoms with Crippen molar-refractivity contribution in [3.8, 4) is 5.75 Å². The largest absolute Gasteiger partial charge is 0.491 e. The fourth-order valence-electron chi connectivity index (χ4n) is 1.57. The normalized spacial score (nSPS) is 11.5. The molecule has 9 heteroatoms. The van der Waals surface area contributed by atoms with E-state index in [4.69, 9.17) is 15.7 Å². The molecule has 0 radical (unpaired) electrons. The topological polar surface area (TPSA) is 114 Å². The first-order valence-corrected chi connectivity index (χ1v) is 6.13. The highest BCUT2D eigenvalue weighted by Crippen LogP contribution is 2.22. The first kappa shape index (κ1) is 17.4. The second-order valence-corrected chi connectivity index (χ2v) is 4.13. The molecule has 7 nitrogen and oxygen atoms in total. The molecule has 0 aliphatic carbocycles. The molecule has 0 unspecified atom stereocenters. The highest BCUT2D eigenvalue weighted by molar-refractivity contribution is 5.98. The summed E-state index contributed by atoms with van der Waals surface area (Å²) >= 11 is 0. The van der Waals surface area contributed by atoms with Crippen LogP contribution >= 0.6 is 0 Å². The van der Waals surface area contributed by atoms with Gasteiger partial charge in [0.1, 0.15) is 6.04 Å². The molecule has 1 rings (SSSR count). The molecule has 0 bridgehead atoms.